The highest BCUT2D eigenvalue weighted by atomic mass is 16.5. The highest BCUT2D eigenvalue weighted by Gasteiger charge is 2.24. The Labute approximate surface area is 129 Å². The third kappa shape index (κ3) is 3.27. The van der Waals surface area contributed by atoms with Crippen LogP contribution in [0.5, 0.6) is 5.75 Å². The van der Waals surface area contributed by atoms with E-state index in [4.69, 9.17) is 4.74 Å². The summed E-state index contributed by atoms with van der Waals surface area (Å²) in [5.74, 6) is 0.987. The normalized spacial score (nSPS) is 15.8. The zero-order valence-electron chi connectivity index (χ0n) is 12.7. The number of ether oxygens (including phenoxy) is 1. The number of carbonyl (C=O) groups excluding carboxylic acids is 1. The van der Waals surface area contributed by atoms with Gasteiger partial charge in [-0.05, 0) is 30.5 Å². The second kappa shape index (κ2) is 6.60. The summed E-state index contributed by atoms with van der Waals surface area (Å²) in [6.07, 6.45) is 5.64. The van der Waals surface area contributed by atoms with E-state index in [0.29, 0.717) is 12.5 Å². The molecule has 2 heterocycles. The molecule has 22 heavy (non-hydrogen) atoms. The Morgan fingerprint density at radius 3 is 2.41 bits per heavy atom. The molecule has 116 valence electrons. The van der Waals surface area contributed by atoms with Gasteiger partial charge >= 0.3 is 0 Å². The first-order chi connectivity index (χ1) is 10.8. The van der Waals surface area contributed by atoms with Crippen molar-refractivity contribution in [3.05, 3.63) is 42.2 Å². The Hall–Kier alpha value is -2.37. The second-order valence-corrected chi connectivity index (χ2v) is 5.49. The molecule has 1 amide bonds. The summed E-state index contributed by atoms with van der Waals surface area (Å²) in [5, 5.41) is 8.37. The summed E-state index contributed by atoms with van der Waals surface area (Å²) in [7, 11) is 1.64. The molecule has 1 aromatic heterocycles. The van der Waals surface area contributed by atoms with Gasteiger partial charge in [-0.15, -0.1) is 0 Å². The first-order valence-corrected chi connectivity index (χ1v) is 7.53. The lowest BCUT2D eigenvalue weighted by Gasteiger charge is -2.31. The highest BCUT2D eigenvalue weighted by Crippen LogP contribution is 2.21. The average Bonchev–Trinajstić information content (AvgIpc) is 3.10. The molecule has 0 N–H and O–H groups in total. The van der Waals surface area contributed by atoms with Crippen LogP contribution in [0.1, 0.15) is 24.4 Å². The predicted octanol–water partition coefficient (Wildman–Crippen LogP) is 1.69. The number of rotatable bonds is 4. The molecular formula is C16H20N4O2. The van der Waals surface area contributed by atoms with Gasteiger partial charge in [-0.25, -0.2) is 0 Å². The van der Waals surface area contributed by atoms with Gasteiger partial charge < -0.3 is 9.64 Å². The van der Waals surface area contributed by atoms with E-state index in [9.17, 15) is 4.79 Å². The lowest BCUT2D eigenvalue weighted by molar-refractivity contribution is -0.131. The third-order valence-electron chi connectivity index (χ3n) is 4.09. The SMILES string of the molecule is COc1ccc(CC(=O)N2CCC(n3nccn3)CC2)cc1. The maximum absolute atomic E-state index is 12.4. The molecule has 1 aliphatic rings. The lowest BCUT2D eigenvalue weighted by atomic mass is 10.0. The minimum atomic E-state index is 0.178. The molecule has 1 aromatic carbocycles. The van der Waals surface area contributed by atoms with Crippen molar-refractivity contribution < 1.29 is 9.53 Å². The molecule has 0 aliphatic carbocycles. The van der Waals surface area contributed by atoms with Gasteiger partial charge in [0.15, 0.2) is 0 Å². The van der Waals surface area contributed by atoms with Crippen LogP contribution in [0.4, 0.5) is 0 Å². The zero-order valence-corrected chi connectivity index (χ0v) is 12.7. The van der Waals surface area contributed by atoms with Crippen molar-refractivity contribution in [1.29, 1.82) is 0 Å². The summed E-state index contributed by atoms with van der Waals surface area (Å²) in [4.78, 5) is 16.1. The van der Waals surface area contributed by atoms with E-state index < -0.39 is 0 Å². The first-order valence-electron chi connectivity index (χ1n) is 7.53. The molecule has 0 radical (unpaired) electrons. The first kappa shape index (κ1) is 14.6. The molecule has 1 fully saturated rings. The van der Waals surface area contributed by atoms with Crippen LogP contribution in [0, 0.1) is 0 Å². The summed E-state index contributed by atoms with van der Waals surface area (Å²) < 4.78 is 5.13. The van der Waals surface area contributed by atoms with Crippen LogP contribution < -0.4 is 4.74 Å². The van der Waals surface area contributed by atoms with Crippen molar-refractivity contribution in [2.75, 3.05) is 20.2 Å². The van der Waals surface area contributed by atoms with Gasteiger partial charge in [0.2, 0.25) is 5.91 Å². The Morgan fingerprint density at radius 1 is 1.18 bits per heavy atom. The minimum Gasteiger partial charge on any atom is -0.497 e. The largest absolute Gasteiger partial charge is 0.497 e. The quantitative estimate of drug-likeness (QED) is 0.862. The highest BCUT2D eigenvalue weighted by molar-refractivity contribution is 5.78. The number of aromatic nitrogens is 3. The van der Waals surface area contributed by atoms with Crippen LogP contribution in [-0.4, -0.2) is 46.0 Å². The van der Waals surface area contributed by atoms with Crippen LogP contribution in [0.25, 0.3) is 0 Å². The second-order valence-electron chi connectivity index (χ2n) is 5.49. The summed E-state index contributed by atoms with van der Waals surface area (Å²) in [5.41, 5.74) is 1.02. The Morgan fingerprint density at radius 2 is 1.82 bits per heavy atom. The van der Waals surface area contributed by atoms with E-state index in [1.165, 1.54) is 0 Å². The van der Waals surface area contributed by atoms with Crippen molar-refractivity contribution in [3.63, 3.8) is 0 Å². The molecule has 0 spiro atoms. The monoisotopic (exact) mass is 300 g/mol. The number of carbonyl (C=O) groups is 1. The maximum atomic E-state index is 12.4. The summed E-state index contributed by atoms with van der Waals surface area (Å²) in [6, 6.07) is 7.96. The average molecular weight is 300 g/mol. The van der Waals surface area contributed by atoms with E-state index in [1.807, 2.05) is 29.2 Å². The fourth-order valence-electron chi connectivity index (χ4n) is 2.79. The topological polar surface area (TPSA) is 60.2 Å². The Bertz CT molecular complexity index is 602. The summed E-state index contributed by atoms with van der Waals surface area (Å²) >= 11 is 0. The molecule has 2 aromatic rings. The number of hydrogen-bond donors (Lipinski definition) is 0. The molecule has 1 saturated heterocycles. The molecule has 0 saturated carbocycles. The van der Waals surface area contributed by atoms with E-state index in [1.54, 1.807) is 24.3 Å². The van der Waals surface area contributed by atoms with Crippen LogP contribution in [0.15, 0.2) is 36.7 Å². The van der Waals surface area contributed by atoms with E-state index >= 15 is 0 Å². The van der Waals surface area contributed by atoms with Crippen LogP contribution >= 0.6 is 0 Å². The fourth-order valence-corrected chi connectivity index (χ4v) is 2.79. The molecule has 0 bridgehead atoms. The fraction of sp³-hybridized carbons (Fsp3) is 0.438. The number of methoxy groups -OCH3 is 1. The number of benzene rings is 1. The standard InChI is InChI=1S/C16H20N4O2/c1-22-15-4-2-13(3-5-15)12-16(21)19-10-6-14(7-11-19)20-17-8-9-18-20/h2-5,8-9,14H,6-7,10-12H2,1H3. The number of hydrogen-bond acceptors (Lipinski definition) is 4. The lowest BCUT2D eigenvalue weighted by Crippen LogP contribution is -2.40. The molecule has 6 nitrogen and oxygen atoms in total. The van der Waals surface area contributed by atoms with Gasteiger partial charge in [-0.2, -0.15) is 15.0 Å². The Balaban J connectivity index is 1.53. The van der Waals surface area contributed by atoms with Crippen molar-refractivity contribution in [2.45, 2.75) is 25.3 Å². The van der Waals surface area contributed by atoms with Crippen LogP contribution in [0.2, 0.25) is 0 Å². The zero-order chi connectivity index (χ0) is 15.4. The van der Waals surface area contributed by atoms with Crippen molar-refractivity contribution in [2.24, 2.45) is 0 Å². The van der Waals surface area contributed by atoms with E-state index in [0.717, 1.165) is 37.2 Å². The molecule has 0 atom stereocenters. The van der Waals surface area contributed by atoms with Crippen molar-refractivity contribution in [1.82, 2.24) is 19.9 Å². The number of likely N-dealkylation sites (tertiary alicyclic amines) is 1. The van der Waals surface area contributed by atoms with Gasteiger partial charge in [-0.1, -0.05) is 12.1 Å². The van der Waals surface area contributed by atoms with Crippen molar-refractivity contribution in [3.8, 4) is 5.75 Å². The van der Waals surface area contributed by atoms with Gasteiger partial charge in [0.1, 0.15) is 5.75 Å². The molecule has 1 aliphatic heterocycles. The number of amides is 1. The van der Waals surface area contributed by atoms with Crippen LogP contribution in [0.3, 0.4) is 0 Å². The van der Waals surface area contributed by atoms with Gasteiger partial charge in [0, 0.05) is 13.1 Å². The smallest absolute Gasteiger partial charge is 0.226 e. The van der Waals surface area contributed by atoms with Crippen molar-refractivity contribution >= 4 is 5.91 Å². The van der Waals surface area contributed by atoms with Gasteiger partial charge in [-0.3, -0.25) is 4.79 Å². The molecule has 6 heteroatoms. The summed E-state index contributed by atoms with van der Waals surface area (Å²) in [6.45, 7) is 1.53. The predicted molar refractivity (Wildman–Crippen MR) is 81.6 cm³/mol. The molecule has 0 unspecified atom stereocenters. The number of nitrogens with zero attached hydrogens (tertiary/aromatic N) is 4. The van der Waals surface area contributed by atoms with E-state index in [-0.39, 0.29) is 5.91 Å². The van der Waals surface area contributed by atoms with Crippen LogP contribution in [-0.2, 0) is 11.2 Å². The minimum absolute atomic E-state index is 0.178. The molecule has 3 rings (SSSR count). The molecular weight excluding hydrogens is 280 g/mol. The van der Waals surface area contributed by atoms with Gasteiger partial charge in [0.25, 0.3) is 0 Å². The third-order valence-corrected chi connectivity index (χ3v) is 4.09. The van der Waals surface area contributed by atoms with E-state index in [2.05, 4.69) is 10.2 Å². The Kier molecular flexibility index (Phi) is 4.37. The maximum Gasteiger partial charge on any atom is 0.226 e. The number of piperidine rings is 1. The van der Waals surface area contributed by atoms with Gasteiger partial charge in [0.05, 0.1) is 32.0 Å².